The van der Waals surface area contributed by atoms with Gasteiger partial charge in [-0.3, -0.25) is 4.79 Å². The Labute approximate surface area is 201 Å². The highest BCUT2D eigenvalue weighted by Gasteiger charge is 2.37. The lowest BCUT2D eigenvalue weighted by molar-refractivity contribution is -0.137. The number of aromatic nitrogens is 1. The number of carbonyl (C=O) groups excluding carboxylic acids is 1. The van der Waals surface area contributed by atoms with Gasteiger partial charge in [-0.1, -0.05) is 35.9 Å². The fourth-order valence-electron chi connectivity index (χ4n) is 3.36. The van der Waals surface area contributed by atoms with E-state index in [0.29, 0.717) is 20.6 Å². The fourth-order valence-corrected chi connectivity index (χ4v) is 7.30. The standard InChI is InChI=1S/C21H16ClF3N2O3S3/c22-18-7-9-20(32-18)33(29,30)27-10-2-5-16(27)17(28)6-8-19-26-15(12-31-19)13-3-1-4-14(11-13)21(23,24)25/h1-5,7,9,11-12,16H,6,8,10H2/t16-/m0/s1. The van der Waals surface area contributed by atoms with Crippen LogP contribution in [0.25, 0.3) is 11.3 Å². The second-order valence-electron chi connectivity index (χ2n) is 7.18. The van der Waals surface area contributed by atoms with Gasteiger partial charge in [0.25, 0.3) is 10.0 Å². The molecule has 1 aliphatic heterocycles. The van der Waals surface area contributed by atoms with Crippen molar-refractivity contribution in [3.63, 3.8) is 0 Å². The molecule has 4 rings (SSSR count). The van der Waals surface area contributed by atoms with Gasteiger partial charge >= 0.3 is 6.18 Å². The molecule has 0 bridgehead atoms. The maximum atomic E-state index is 13.0. The van der Waals surface area contributed by atoms with E-state index in [-0.39, 0.29) is 29.4 Å². The van der Waals surface area contributed by atoms with Crippen molar-refractivity contribution in [2.24, 2.45) is 0 Å². The van der Waals surface area contributed by atoms with E-state index in [1.807, 2.05) is 0 Å². The minimum absolute atomic E-state index is 0.0434. The van der Waals surface area contributed by atoms with Gasteiger partial charge in [0.05, 0.1) is 20.6 Å². The number of nitrogens with zero attached hydrogens (tertiary/aromatic N) is 2. The number of hydrogen-bond donors (Lipinski definition) is 0. The number of alkyl halides is 3. The summed E-state index contributed by atoms with van der Waals surface area (Å²) in [5, 5.41) is 2.22. The summed E-state index contributed by atoms with van der Waals surface area (Å²) in [7, 11) is -3.86. The van der Waals surface area contributed by atoms with Crippen molar-refractivity contribution < 1.29 is 26.4 Å². The van der Waals surface area contributed by atoms with Crippen LogP contribution in [0.2, 0.25) is 4.34 Å². The quantitative estimate of drug-likeness (QED) is 0.367. The zero-order valence-electron chi connectivity index (χ0n) is 16.8. The van der Waals surface area contributed by atoms with Gasteiger partial charge in [-0.05, 0) is 24.3 Å². The van der Waals surface area contributed by atoms with Crippen LogP contribution in [-0.2, 0) is 27.4 Å². The lowest BCUT2D eigenvalue weighted by Gasteiger charge is -2.22. The summed E-state index contributed by atoms with van der Waals surface area (Å²) in [5.74, 6) is -0.286. The molecule has 3 aromatic rings. The molecule has 12 heteroatoms. The third kappa shape index (κ3) is 5.22. The molecule has 3 heterocycles. The lowest BCUT2D eigenvalue weighted by atomic mass is 10.1. The normalized spacial score (nSPS) is 17.0. The highest BCUT2D eigenvalue weighted by molar-refractivity contribution is 7.91. The number of carbonyl (C=O) groups is 1. The Hall–Kier alpha value is -2.05. The highest BCUT2D eigenvalue weighted by atomic mass is 35.5. The van der Waals surface area contributed by atoms with E-state index >= 15 is 0 Å². The van der Waals surface area contributed by atoms with Crippen molar-refractivity contribution in [3.05, 3.63) is 68.8 Å². The van der Waals surface area contributed by atoms with Gasteiger partial charge in [0, 0.05) is 30.3 Å². The first kappa shape index (κ1) is 24.1. The second-order valence-corrected chi connectivity index (χ2v) is 12.0. The van der Waals surface area contributed by atoms with Crippen LogP contribution in [-0.4, -0.2) is 36.1 Å². The van der Waals surface area contributed by atoms with Crippen molar-refractivity contribution in [2.75, 3.05) is 6.54 Å². The number of benzene rings is 1. The van der Waals surface area contributed by atoms with Crippen LogP contribution in [0.3, 0.4) is 0 Å². The Morgan fingerprint density at radius 1 is 1.24 bits per heavy atom. The number of rotatable bonds is 7. The van der Waals surface area contributed by atoms with Crippen LogP contribution in [0, 0.1) is 0 Å². The number of Topliss-reactive ketones (excluding diaryl/α,β-unsaturated/α-hetero) is 1. The monoisotopic (exact) mass is 532 g/mol. The topological polar surface area (TPSA) is 67.3 Å². The zero-order chi connectivity index (χ0) is 23.8. The molecule has 0 unspecified atom stereocenters. The molecule has 0 aliphatic carbocycles. The van der Waals surface area contributed by atoms with E-state index < -0.39 is 27.8 Å². The van der Waals surface area contributed by atoms with Crippen LogP contribution in [0.4, 0.5) is 13.2 Å². The molecule has 5 nitrogen and oxygen atoms in total. The maximum Gasteiger partial charge on any atom is 0.416 e. The lowest BCUT2D eigenvalue weighted by Crippen LogP contribution is -2.40. The van der Waals surface area contributed by atoms with Crippen LogP contribution >= 0.6 is 34.3 Å². The number of thiazole rings is 1. The Balaban J connectivity index is 1.43. The van der Waals surface area contributed by atoms with Gasteiger partial charge in [0.2, 0.25) is 0 Å². The van der Waals surface area contributed by atoms with Crippen molar-refractivity contribution in [3.8, 4) is 11.3 Å². The molecule has 0 N–H and O–H groups in total. The second kappa shape index (κ2) is 9.30. The Morgan fingerprint density at radius 3 is 2.73 bits per heavy atom. The van der Waals surface area contributed by atoms with E-state index in [4.69, 9.17) is 11.6 Å². The minimum Gasteiger partial charge on any atom is -0.298 e. The average molecular weight is 533 g/mol. The predicted molar refractivity (Wildman–Crippen MR) is 122 cm³/mol. The Kier molecular flexibility index (Phi) is 6.79. The molecule has 174 valence electrons. The molecule has 0 saturated carbocycles. The van der Waals surface area contributed by atoms with E-state index in [2.05, 4.69) is 4.98 Å². The molecule has 0 radical (unpaired) electrons. The largest absolute Gasteiger partial charge is 0.416 e. The van der Waals surface area contributed by atoms with Crippen molar-refractivity contribution in [2.45, 2.75) is 29.3 Å². The molecule has 0 spiro atoms. The number of thiophene rings is 1. The molecule has 0 fully saturated rings. The molecule has 2 aromatic heterocycles. The van der Waals surface area contributed by atoms with E-state index in [0.717, 1.165) is 27.8 Å². The molecular formula is C21H16ClF3N2O3S3. The zero-order valence-corrected chi connectivity index (χ0v) is 20.0. The summed E-state index contributed by atoms with van der Waals surface area (Å²) in [5.41, 5.74) is -0.0246. The molecule has 1 atom stereocenters. The fraction of sp³-hybridized carbons (Fsp3) is 0.238. The van der Waals surface area contributed by atoms with Gasteiger partial charge in [-0.2, -0.15) is 17.5 Å². The molecule has 0 amide bonds. The molecular weight excluding hydrogens is 517 g/mol. The summed E-state index contributed by atoms with van der Waals surface area (Å²) in [6, 6.07) is 6.88. The van der Waals surface area contributed by atoms with Crippen LogP contribution in [0.5, 0.6) is 0 Å². The van der Waals surface area contributed by atoms with E-state index in [1.165, 1.54) is 29.5 Å². The molecule has 1 aliphatic rings. The van der Waals surface area contributed by atoms with E-state index in [1.54, 1.807) is 23.6 Å². The molecule has 33 heavy (non-hydrogen) atoms. The molecule has 1 aromatic carbocycles. The summed E-state index contributed by atoms with van der Waals surface area (Å²) in [6.07, 6.45) is -0.959. The first-order valence-electron chi connectivity index (χ1n) is 9.64. The first-order valence-corrected chi connectivity index (χ1v) is 13.2. The first-order chi connectivity index (χ1) is 15.6. The van der Waals surface area contributed by atoms with Gasteiger partial charge in [0.15, 0.2) is 5.78 Å². The average Bonchev–Trinajstić information content (AvgIpc) is 3.52. The SMILES string of the molecule is O=C(CCc1nc(-c2cccc(C(F)(F)F)c2)cs1)[C@@H]1C=CCN1S(=O)(=O)c1ccc(Cl)s1. The van der Waals surface area contributed by atoms with E-state index in [9.17, 15) is 26.4 Å². The van der Waals surface area contributed by atoms with Gasteiger partial charge in [0.1, 0.15) is 10.3 Å². The van der Waals surface area contributed by atoms with Crippen molar-refractivity contribution in [1.29, 1.82) is 0 Å². The maximum absolute atomic E-state index is 13.0. The third-order valence-corrected chi connectivity index (χ3v) is 9.43. The minimum atomic E-state index is -4.45. The number of halogens is 4. The predicted octanol–water partition coefficient (Wildman–Crippen LogP) is 5.67. The van der Waals surface area contributed by atoms with Crippen molar-refractivity contribution >= 4 is 50.1 Å². The summed E-state index contributed by atoms with van der Waals surface area (Å²) in [6.45, 7) is 0.0885. The van der Waals surface area contributed by atoms with Crippen LogP contribution in [0.15, 0.2) is 58.1 Å². The number of sulfonamides is 1. The Bertz CT molecular complexity index is 1320. The number of ketones is 1. The van der Waals surface area contributed by atoms with Crippen molar-refractivity contribution in [1.82, 2.24) is 9.29 Å². The molecule has 0 saturated heterocycles. The third-order valence-electron chi connectivity index (χ3n) is 4.98. The summed E-state index contributed by atoms with van der Waals surface area (Å²) < 4.78 is 66.2. The van der Waals surface area contributed by atoms with Gasteiger partial charge in [-0.15, -0.1) is 22.7 Å². The summed E-state index contributed by atoms with van der Waals surface area (Å²) >= 11 is 8.03. The number of aryl methyl sites for hydroxylation is 1. The smallest absolute Gasteiger partial charge is 0.298 e. The Morgan fingerprint density at radius 2 is 2.03 bits per heavy atom. The number of hydrogen-bond acceptors (Lipinski definition) is 6. The van der Waals surface area contributed by atoms with Gasteiger partial charge < -0.3 is 0 Å². The van der Waals surface area contributed by atoms with Crippen LogP contribution in [0.1, 0.15) is 17.0 Å². The summed E-state index contributed by atoms with van der Waals surface area (Å²) in [4.78, 5) is 17.2. The van der Waals surface area contributed by atoms with Gasteiger partial charge in [-0.25, -0.2) is 13.4 Å². The van der Waals surface area contributed by atoms with Crippen LogP contribution < -0.4 is 0 Å². The highest BCUT2D eigenvalue weighted by Crippen LogP contribution is 2.33.